The highest BCUT2D eigenvalue weighted by molar-refractivity contribution is 7.10. The van der Waals surface area contributed by atoms with E-state index in [4.69, 9.17) is 4.74 Å². The third-order valence-corrected chi connectivity index (χ3v) is 4.82. The molecule has 0 saturated heterocycles. The number of aliphatic hydroxyl groups is 1. The smallest absolute Gasteiger partial charge is 0.165 e. The zero-order valence-corrected chi connectivity index (χ0v) is 15.0. The lowest BCUT2D eigenvalue weighted by Crippen LogP contribution is -2.07. The summed E-state index contributed by atoms with van der Waals surface area (Å²) >= 11 is 1.37. The van der Waals surface area contributed by atoms with Crippen LogP contribution in [-0.2, 0) is 0 Å². The molecule has 0 aliphatic rings. The van der Waals surface area contributed by atoms with E-state index in [1.807, 2.05) is 48.6 Å². The predicted molar refractivity (Wildman–Crippen MR) is 98.9 cm³/mol. The van der Waals surface area contributed by atoms with Crippen molar-refractivity contribution in [3.05, 3.63) is 64.2 Å². The molecule has 0 radical (unpaired) electrons. The Labute approximate surface area is 150 Å². The van der Waals surface area contributed by atoms with Crippen LogP contribution in [0.3, 0.4) is 0 Å². The van der Waals surface area contributed by atoms with Crippen LogP contribution in [0.15, 0.2) is 47.8 Å². The normalized spacial score (nSPS) is 12.0. The van der Waals surface area contributed by atoms with Crippen molar-refractivity contribution in [1.82, 2.24) is 4.98 Å². The molecule has 0 aliphatic carbocycles. The summed E-state index contributed by atoms with van der Waals surface area (Å²) in [5.41, 5.74) is 3.44. The molecule has 1 aromatic heterocycles. The Balaban J connectivity index is 1.85. The lowest BCUT2D eigenvalue weighted by molar-refractivity contribution is 0.219. The highest BCUT2D eigenvalue weighted by atomic mass is 32.1. The van der Waals surface area contributed by atoms with E-state index in [0.717, 1.165) is 16.9 Å². The van der Waals surface area contributed by atoms with Crippen molar-refractivity contribution in [2.45, 2.75) is 6.10 Å². The van der Waals surface area contributed by atoms with Crippen LogP contribution >= 0.6 is 11.3 Å². The lowest BCUT2D eigenvalue weighted by atomic mass is 10.1. The molecule has 0 bridgehead atoms. The van der Waals surface area contributed by atoms with Crippen molar-refractivity contribution in [3.63, 3.8) is 0 Å². The maximum absolute atomic E-state index is 13.5. The van der Waals surface area contributed by atoms with Crippen LogP contribution in [0.2, 0.25) is 0 Å². The molecule has 1 unspecified atom stereocenters. The molecule has 3 aromatic rings. The van der Waals surface area contributed by atoms with E-state index in [1.165, 1.54) is 36.6 Å². The second-order valence-corrected chi connectivity index (χ2v) is 6.70. The van der Waals surface area contributed by atoms with Gasteiger partial charge in [-0.05, 0) is 29.8 Å². The number of aromatic nitrogens is 1. The molecule has 0 saturated carbocycles. The Morgan fingerprint density at radius 1 is 1.16 bits per heavy atom. The number of hydrogen-bond donors (Lipinski definition) is 1. The summed E-state index contributed by atoms with van der Waals surface area (Å²) in [5.74, 6) is -0.355. The number of nitrogens with zero attached hydrogens (tertiary/aromatic N) is 2. The number of rotatable bonds is 5. The van der Waals surface area contributed by atoms with E-state index in [-0.39, 0.29) is 5.75 Å². The van der Waals surface area contributed by atoms with Gasteiger partial charge in [0.1, 0.15) is 11.1 Å². The fraction of sp³-hybridized carbons (Fsp3) is 0.211. The third kappa shape index (κ3) is 3.65. The molecule has 1 heterocycles. The number of anilines is 1. The van der Waals surface area contributed by atoms with E-state index >= 15 is 0 Å². The van der Waals surface area contributed by atoms with E-state index in [2.05, 4.69) is 4.98 Å². The van der Waals surface area contributed by atoms with Crippen LogP contribution in [0, 0.1) is 5.82 Å². The first-order chi connectivity index (χ1) is 12.0. The van der Waals surface area contributed by atoms with Crippen molar-refractivity contribution in [2.75, 3.05) is 26.1 Å². The van der Waals surface area contributed by atoms with Gasteiger partial charge in [0, 0.05) is 30.7 Å². The number of halogens is 1. The average molecular weight is 358 g/mol. The number of ether oxygens (including phenoxy) is 1. The van der Waals surface area contributed by atoms with E-state index in [1.54, 1.807) is 0 Å². The molecule has 1 N–H and O–H groups in total. The van der Waals surface area contributed by atoms with E-state index < -0.39 is 11.9 Å². The average Bonchev–Trinajstić information content (AvgIpc) is 3.11. The quantitative estimate of drug-likeness (QED) is 0.746. The lowest BCUT2D eigenvalue weighted by Gasteiger charge is -2.12. The first kappa shape index (κ1) is 17.4. The monoisotopic (exact) mass is 358 g/mol. The number of methoxy groups -OCH3 is 1. The van der Waals surface area contributed by atoms with Gasteiger partial charge in [-0.15, -0.1) is 11.3 Å². The Morgan fingerprint density at radius 3 is 2.52 bits per heavy atom. The van der Waals surface area contributed by atoms with Crippen LogP contribution < -0.4 is 9.64 Å². The highest BCUT2D eigenvalue weighted by Gasteiger charge is 2.17. The van der Waals surface area contributed by atoms with Gasteiger partial charge in [-0.25, -0.2) is 9.37 Å². The molecule has 130 valence electrons. The Morgan fingerprint density at radius 2 is 1.88 bits per heavy atom. The van der Waals surface area contributed by atoms with Crippen LogP contribution in [0.5, 0.6) is 5.75 Å². The maximum Gasteiger partial charge on any atom is 0.165 e. The molecular formula is C19H19FN2O2S. The van der Waals surface area contributed by atoms with Gasteiger partial charge in [0.25, 0.3) is 0 Å². The predicted octanol–water partition coefficient (Wildman–Crippen LogP) is 4.11. The first-order valence-corrected chi connectivity index (χ1v) is 8.62. The summed E-state index contributed by atoms with van der Waals surface area (Å²) in [6.45, 7) is 0. The van der Waals surface area contributed by atoms with E-state index in [9.17, 15) is 9.50 Å². The molecule has 25 heavy (non-hydrogen) atoms. The zero-order chi connectivity index (χ0) is 18.0. The molecule has 0 fully saturated rings. The number of benzene rings is 2. The summed E-state index contributed by atoms with van der Waals surface area (Å²) in [5, 5.41) is 13.0. The van der Waals surface area contributed by atoms with E-state index in [0.29, 0.717) is 10.6 Å². The second-order valence-electron chi connectivity index (χ2n) is 5.81. The Hall–Kier alpha value is -2.44. The molecule has 4 nitrogen and oxygen atoms in total. The molecule has 2 aromatic carbocycles. The van der Waals surface area contributed by atoms with Gasteiger partial charge >= 0.3 is 0 Å². The van der Waals surface area contributed by atoms with Gasteiger partial charge in [0.15, 0.2) is 11.6 Å². The molecule has 1 atom stereocenters. The summed E-state index contributed by atoms with van der Waals surface area (Å²) in [4.78, 5) is 6.56. The highest BCUT2D eigenvalue weighted by Crippen LogP contribution is 2.31. The molecule has 0 amide bonds. The SMILES string of the molecule is COc1cc(C(O)c2nc(-c3ccc(N(C)C)cc3)cs2)ccc1F. The first-order valence-electron chi connectivity index (χ1n) is 7.74. The zero-order valence-electron chi connectivity index (χ0n) is 14.2. The van der Waals surface area contributed by atoms with Gasteiger partial charge in [-0.3, -0.25) is 0 Å². The Bertz CT molecular complexity index is 862. The summed E-state index contributed by atoms with van der Waals surface area (Å²) in [6, 6.07) is 12.4. The standard InChI is InChI=1S/C19H19FN2O2S/c1-22(2)14-7-4-12(5-8-14)16-11-25-19(21-16)18(23)13-6-9-15(20)17(10-13)24-3/h4-11,18,23H,1-3H3. The van der Waals surface area contributed by atoms with Crippen molar-refractivity contribution in [2.24, 2.45) is 0 Å². The minimum absolute atomic E-state index is 0.104. The summed E-state index contributed by atoms with van der Waals surface area (Å²) in [6.07, 6.45) is -0.922. The summed E-state index contributed by atoms with van der Waals surface area (Å²) in [7, 11) is 5.38. The minimum Gasteiger partial charge on any atom is -0.494 e. The van der Waals surface area contributed by atoms with Gasteiger partial charge in [0.2, 0.25) is 0 Å². The fourth-order valence-electron chi connectivity index (χ4n) is 2.47. The van der Waals surface area contributed by atoms with Crippen molar-refractivity contribution in [1.29, 1.82) is 0 Å². The number of hydrogen-bond acceptors (Lipinski definition) is 5. The minimum atomic E-state index is -0.922. The molecule has 6 heteroatoms. The van der Waals surface area contributed by atoms with Crippen molar-refractivity contribution < 1.29 is 14.2 Å². The summed E-state index contributed by atoms with van der Waals surface area (Å²) < 4.78 is 18.5. The van der Waals surface area contributed by atoms with Gasteiger partial charge < -0.3 is 14.7 Å². The topological polar surface area (TPSA) is 45.6 Å². The van der Waals surface area contributed by atoms with Crippen LogP contribution in [0.1, 0.15) is 16.7 Å². The Kier molecular flexibility index (Phi) is 5.01. The van der Waals surface area contributed by atoms with Crippen LogP contribution in [0.25, 0.3) is 11.3 Å². The molecule has 0 spiro atoms. The molecule has 0 aliphatic heterocycles. The molecular weight excluding hydrogens is 339 g/mol. The van der Waals surface area contributed by atoms with Gasteiger partial charge in [0.05, 0.1) is 12.8 Å². The largest absolute Gasteiger partial charge is 0.494 e. The number of aliphatic hydroxyl groups excluding tert-OH is 1. The second kappa shape index (κ2) is 7.21. The van der Waals surface area contributed by atoms with Crippen LogP contribution in [-0.4, -0.2) is 31.3 Å². The van der Waals surface area contributed by atoms with Crippen molar-refractivity contribution in [3.8, 4) is 17.0 Å². The van der Waals surface area contributed by atoms with Crippen molar-refractivity contribution >= 4 is 17.0 Å². The fourth-order valence-corrected chi connectivity index (χ4v) is 3.30. The molecule has 3 rings (SSSR count). The third-order valence-electron chi connectivity index (χ3n) is 3.93. The number of thiazole rings is 1. The van der Waals surface area contributed by atoms with Crippen LogP contribution in [0.4, 0.5) is 10.1 Å². The van der Waals surface area contributed by atoms with Gasteiger partial charge in [-0.1, -0.05) is 18.2 Å². The van der Waals surface area contributed by atoms with Gasteiger partial charge in [-0.2, -0.15) is 0 Å². The maximum atomic E-state index is 13.5.